The minimum absolute atomic E-state index is 0.0379. The van der Waals surface area contributed by atoms with Gasteiger partial charge in [0.15, 0.2) is 0 Å². The fraction of sp³-hybridized carbons (Fsp3) is 0.238. The van der Waals surface area contributed by atoms with Crippen LogP contribution in [0.2, 0.25) is 0 Å². The lowest BCUT2D eigenvalue weighted by atomic mass is 9.88. The summed E-state index contributed by atoms with van der Waals surface area (Å²) < 4.78 is 0. The summed E-state index contributed by atoms with van der Waals surface area (Å²) in [5.41, 5.74) is 3.44. The van der Waals surface area contributed by atoms with E-state index >= 15 is 0 Å². The van der Waals surface area contributed by atoms with Gasteiger partial charge in [-0.3, -0.25) is 9.78 Å². The van der Waals surface area contributed by atoms with Crippen LogP contribution in [0.3, 0.4) is 0 Å². The molecule has 0 aliphatic carbocycles. The summed E-state index contributed by atoms with van der Waals surface area (Å²) >= 11 is 0. The van der Waals surface area contributed by atoms with Crippen LogP contribution in [0.1, 0.15) is 31.2 Å². The quantitative estimate of drug-likeness (QED) is 0.751. The van der Waals surface area contributed by atoms with Crippen molar-refractivity contribution in [3.63, 3.8) is 0 Å². The predicted molar refractivity (Wildman–Crippen MR) is 103 cm³/mol. The average molecular weight is 346 g/mol. The zero-order valence-electron chi connectivity index (χ0n) is 15.2. The van der Waals surface area contributed by atoms with E-state index in [1.165, 1.54) is 0 Å². The molecule has 0 fully saturated rings. The van der Waals surface area contributed by atoms with Crippen molar-refractivity contribution in [3.05, 3.63) is 72.4 Å². The third kappa shape index (κ3) is 4.11. The second-order valence-electron chi connectivity index (χ2n) is 6.57. The van der Waals surface area contributed by atoms with Gasteiger partial charge in [-0.1, -0.05) is 32.0 Å². The summed E-state index contributed by atoms with van der Waals surface area (Å²) in [6.45, 7) is 5.94. The molecule has 0 bridgehead atoms. The fourth-order valence-corrected chi connectivity index (χ4v) is 2.99. The molecule has 1 aromatic carbocycles. The summed E-state index contributed by atoms with van der Waals surface area (Å²) in [6, 6.07) is 13.4. The van der Waals surface area contributed by atoms with E-state index in [9.17, 15) is 4.79 Å². The van der Waals surface area contributed by atoms with Crippen molar-refractivity contribution >= 4 is 11.6 Å². The lowest BCUT2D eigenvalue weighted by Crippen LogP contribution is -2.25. The molecule has 2 heterocycles. The summed E-state index contributed by atoms with van der Waals surface area (Å²) in [6.07, 6.45) is 5.20. The minimum atomic E-state index is -0.256. The SMILES string of the molecule is Cc1nccc(-c2cccc(NC(=O)[C@H](c3cccnc3)C(C)C)c2)n1. The number of carbonyl (C=O) groups excluding carboxylic acids is 1. The molecule has 1 atom stereocenters. The monoisotopic (exact) mass is 346 g/mol. The van der Waals surface area contributed by atoms with Crippen LogP contribution in [0.15, 0.2) is 61.1 Å². The van der Waals surface area contributed by atoms with Gasteiger partial charge in [-0.05, 0) is 42.7 Å². The van der Waals surface area contributed by atoms with Gasteiger partial charge in [0, 0.05) is 29.8 Å². The van der Waals surface area contributed by atoms with Crippen LogP contribution in [0.25, 0.3) is 11.3 Å². The van der Waals surface area contributed by atoms with Crippen molar-refractivity contribution in [1.82, 2.24) is 15.0 Å². The van der Waals surface area contributed by atoms with Gasteiger partial charge < -0.3 is 5.32 Å². The molecule has 0 radical (unpaired) electrons. The first kappa shape index (κ1) is 17.7. The standard InChI is InChI=1S/C21H22N4O/c1-14(2)20(17-7-5-10-22-13-17)21(26)25-18-8-4-6-16(12-18)19-9-11-23-15(3)24-19/h4-14,20H,1-3H3,(H,25,26)/t20-/m0/s1. The lowest BCUT2D eigenvalue weighted by Gasteiger charge is -2.20. The molecule has 2 aromatic heterocycles. The van der Waals surface area contributed by atoms with Gasteiger partial charge in [-0.15, -0.1) is 0 Å². The number of nitrogens with zero attached hydrogens (tertiary/aromatic N) is 3. The number of rotatable bonds is 5. The molecule has 3 aromatic rings. The van der Waals surface area contributed by atoms with Crippen LogP contribution >= 0.6 is 0 Å². The Morgan fingerprint density at radius 3 is 2.62 bits per heavy atom. The Morgan fingerprint density at radius 1 is 1.08 bits per heavy atom. The topological polar surface area (TPSA) is 67.8 Å². The number of amides is 1. The lowest BCUT2D eigenvalue weighted by molar-refractivity contribution is -0.118. The molecule has 1 N–H and O–H groups in total. The smallest absolute Gasteiger partial charge is 0.232 e. The van der Waals surface area contributed by atoms with E-state index in [4.69, 9.17) is 0 Å². The van der Waals surface area contributed by atoms with Crippen LogP contribution in [0.5, 0.6) is 0 Å². The van der Waals surface area contributed by atoms with Crippen LogP contribution in [-0.4, -0.2) is 20.9 Å². The second kappa shape index (κ2) is 7.87. The normalized spacial score (nSPS) is 12.0. The number of benzene rings is 1. The van der Waals surface area contributed by atoms with Crippen molar-refractivity contribution in [2.24, 2.45) is 5.92 Å². The molecule has 26 heavy (non-hydrogen) atoms. The van der Waals surface area contributed by atoms with Crippen molar-refractivity contribution in [3.8, 4) is 11.3 Å². The summed E-state index contributed by atoms with van der Waals surface area (Å²) in [7, 11) is 0. The van der Waals surface area contributed by atoms with E-state index in [1.54, 1.807) is 18.6 Å². The highest BCUT2D eigenvalue weighted by molar-refractivity contribution is 5.96. The Bertz CT molecular complexity index is 893. The Hall–Kier alpha value is -3.08. The Balaban J connectivity index is 1.84. The van der Waals surface area contributed by atoms with Crippen molar-refractivity contribution in [2.45, 2.75) is 26.7 Å². The number of aromatic nitrogens is 3. The van der Waals surface area contributed by atoms with E-state index in [1.807, 2.05) is 63.2 Å². The average Bonchev–Trinajstić information content (AvgIpc) is 2.62. The molecule has 5 heteroatoms. The summed E-state index contributed by atoms with van der Waals surface area (Å²) in [5.74, 6) is 0.581. The van der Waals surface area contributed by atoms with E-state index in [2.05, 4.69) is 20.3 Å². The zero-order chi connectivity index (χ0) is 18.5. The van der Waals surface area contributed by atoms with E-state index < -0.39 is 0 Å². The number of carbonyl (C=O) groups is 1. The minimum Gasteiger partial charge on any atom is -0.326 e. The number of anilines is 1. The maximum atomic E-state index is 12.9. The fourth-order valence-electron chi connectivity index (χ4n) is 2.99. The molecular formula is C21H22N4O. The third-order valence-electron chi connectivity index (χ3n) is 4.19. The number of hydrogen-bond donors (Lipinski definition) is 1. The molecule has 3 rings (SSSR count). The maximum absolute atomic E-state index is 12.9. The predicted octanol–water partition coefficient (Wildman–Crippen LogP) is 4.23. The molecule has 132 valence electrons. The molecule has 1 amide bonds. The molecule has 0 unspecified atom stereocenters. The molecule has 0 spiro atoms. The van der Waals surface area contributed by atoms with E-state index in [0.717, 1.165) is 22.5 Å². The van der Waals surface area contributed by atoms with Crippen LogP contribution in [-0.2, 0) is 4.79 Å². The highest BCUT2D eigenvalue weighted by atomic mass is 16.1. The number of nitrogens with one attached hydrogen (secondary N) is 1. The van der Waals surface area contributed by atoms with Crippen LogP contribution < -0.4 is 5.32 Å². The van der Waals surface area contributed by atoms with Gasteiger partial charge >= 0.3 is 0 Å². The van der Waals surface area contributed by atoms with Crippen molar-refractivity contribution < 1.29 is 4.79 Å². The van der Waals surface area contributed by atoms with Crippen LogP contribution in [0, 0.1) is 12.8 Å². The van der Waals surface area contributed by atoms with E-state index in [-0.39, 0.29) is 17.7 Å². The first-order valence-corrected chi connectivity index (χ1v) is 8.65. The third-order valence-corrected chi connectivity index (χ3v) is 4.19. The van der Waals surface area contributed by atoms with Gasteiger partial charge in [-0.25, -0.2) is 9.97 Å². The van der Waals surface area contributed by atoms with Gasteiger partial charge in [0.05, 0.1) is 11.6 Å². The molecule has 5 nitrogen and oxygen atoms in total. The molecular weight excluding hydrogens is 324 g/mol. The van der Waals surface area contributed by atoms with E-state index in [0.29, 0.717) is 5.82 Å². The second-order valence-corrected chi connectivity index (χ2v) is 6.57. The first-order chi connectivity index (χ1) is 12.5. The highest BCUT2D eigenvalue weighted by Gasteiger charge is 2.24. The van der Waals surface area contributed by atoms with Gasteiger partial charge in [-0.2, -0.15) is 0 Å². The molecule has 0 aliphatic heterocycles. The van der Waals surface area contributed by atoms with Crippen molar-refractivity contribution in [2.75, 3.05) is 5.32 Å². The summed E-state index contributed by atoms with van der Waals surface area (Å²) in [4.78, 5) is 25.6. The maximum Gasteiger partial charge on any atom is 0.232 e. The number of pyridine rings is 1. The Kier molecular flexibility index (Phi) is 5.37. The molecule has 0 aliphatic rings. The summed E-state index contributed by atoms with van der Waals surface area (Å²) in [5, 5.41) is 3.04. The Morgan fingerprint density at radius 2 is 1.92 bits per heavy atom. The molecule has 0 saturated carbocycles. The largest absolute Gasteiger partial charge is 0.326 e. The molecule has 0 saturated heterocycles. The Labute approximate surface area is 153 Å². The first-order valence-electron chi connectivity index (χ1n) is 8.65. The zero-order valence-corrected chi connectivity index (χ0v) is 15.2. The highest BCUT2D eigenvalue weighted by Crippen LogP contribution is 2.27. The van der Waals surface area contributed by atoms with Gasteiger partial charge in [0.1, 0.15) is 5.82 Å². The number of aryl methyl sites for hydroxylation is 1. The van der Waals surface area contributed by atoms with Crippen LogP contribution in [0.4, 0.5) is 5.69 Å². The van der Waals surface area contributed by atoms with Gasteiger partial charge in [0.25, 0.3) is 0 Å². The number of hydrogen-bond acceptors (Lipinski definition) is 4. The van der Waals surface area contributed by atoms with Crippen molar-refractivity contribution in [1.29, 1.82) is 0 Å². The van der Waals surface area contributed by atoms with Gasteiger partial charge in [0.2, 0.25) is 5.91 Å².